The molecule has 1 aliphatic heterocycles. The summed E-state index contributed by atoms with van der Waals surface area (Å²) in [6.45, 7) is 5.03. The van der Waals surface area contributed by atoms with E-state index in [1.807, 2.05) is 12.1 Å². The lowest BCUT2D eigenvalue weighted by Crippen LogP contribution is -2.37. The van der Waals surface area contributed by atoms with Gasteiger partial charge in [-0.05, 0) is 50.6 Å². The average Bonchev–Trinajstić information content (AvgIpc) is 3.35. The van der Waals surface area contributed by atoms with Crippen molar-refractivity contribution in [1.29, 1.82) is 0 Å². The van der Waals surface area contributed by atoms with Crippen LogP contribution < -0.4 is 10.9 Å². The fourth-order valence-corrected chi connectivity index (χ4v) is 3.26. The summed E-state index contributed by atoms with van der Waals surface area (Å²) in [5, 5.41) is 7.15. The predicted molar refractivity (Wildman–Crippen MR) is 98.0 cm³/mol. The third kappa shape index (κ3) is 4.40. The summed E-state index contributed by atoms with van der Waals surface area (Å²) < 4.78 is 6.94. The Balaban J connectivity index is 1.67. The minimum Gasteiger partial charge on any atom is -0.468 e. The highest BCUT2D eigenvalue weighted by Crippen LogP contribution is 2.24. The number of nitrogens with one attached hydrogen (secondary N) is 1. The van der Waals surface area contributed by atoms with Gasteiger partial charge >= 0.3 is 0 Å². The van der Waals surface area contributed by atoms with E-state index < -0.39 is 0 Å². The lowest BCUT2D eigenvalue weighted by atomic mass is 10.2. The van der Waals surface area contributed by atoms with Crippen molar-refractivity contribution in [3.63, 3.8) is 0 Å². The van der Waals surface area contributed by atoms with Gasteiger partial charge in [-0.15, -0.1) is 0 Å². The summed E-state index contributed by atoms with van der Waals surface area (Å²) in [4.78, 5) is 26.7. The van der Waals surface area contributed by atoms with Crippen LogP contribution in [0.3, 0.4) is 0 Å². The highest BCUT2D eigenvalue weighted by Gasteiger charge is 2.26. The van der Waals surface area contributed by atoms with Gasteiger partial charge in [-0.3, -0.25) is 14.5 Å². The quantitative estimate of drug-likeness (QED) is 0.782. The second-order valence-corrected chi connectivity index (χ2v) is 6.62. The van der Waals surface area contributed by atoms with Gasteiger partial charge in [0.2, 0.25) is 0 Å². The van der Waals surface area contributed by atoms with Crippen LogP contribution in [-0.4, -0.2) is 40.2 Å². The number of carbonyl (C=O) groups excluding carboxylic acids is 1. The largest absolute Gasteiger partial charge is 0.468 e. The number of hydrogen-bond acceptors (Lipinski definition) is 5. The summed E-state index contributed by atoms with van der Waals surface area (Å²) >= 11 is 0. The van der Waals surface area contributed by atoms with E-state index in [1.54, 1.807) is 6.26 Å². The zero-order valence-electron chi connectivity index (χ0n) is 15.2. The number of likely N-dealkylation sites (tertiary alicyclic amines) is 1. The molecule has 7 heteroatoms. The highest BCUT2D eigenvalue weighted by molar-refractivity contribution is 5.92. The molecule has 1 atom stereocenters. The van der Waals surface area contributed by atoms with Gasteiger partial charge < -0.3 is 9.73 Å². The van der Waals surface area contributed by atoms with Crippen LogP contribution in [0.15, 0.2) is 39.7 Å². The van der Waals surface area contributed by atoms with Crippen molar-refractivity contribution in [3.05, 3.63) is 52.3 Å². The van der Waals surface area contributed by atoms with Gasteiger partial charge in [-0.2, -0.15) is 5.10 Å². The molecule has 1 N–H and O–H groups in total. The first-order valence-corrected chi connectivity index (χ1v) is 9.33. The molecule has 0 saturated carbocycles. The summed E-state index contributed by atoms with van der Waals surface area (Å²) in [6.07, 6.45) is 5.80. The fourth-order valence-electron chi connectivity index (χ4n) is 3.26. The van der Waals surface area contributed by atoms with Crippen molar-refractivity contribution < 1.29 is 9.21 Å². The van der Waals surface area contributed by atoms with Crippen LogP contribution in [0.25, 0.3) is 0 Å². The Morgan fingerprint density at radius 1 is 1.31 bits per heavy atom. The molecule has 0 bridgehead atoms. The van der Waals surface area contributed by atoms with E-state index in [0.29, 0.717) is 13.1 Å². The predicted octanol–water partition coefficient (Wildman–Crippen LogP) is 2.20. The molecular weight excluding hydrogens is 332 g/mol. The van der Waals surface area contributed by atoms with Gasteiger partial charge in [0.15, 0.2) is 0 Å². The highest BCUT2D eigenvalue weighted by atomic mass is 16.3. The van der Waals surface area contributed by atoms with Crippen molar-refractivity contribution in [2.24, 2.45) is 0 Å². The first kappa shape index (κ1) is 18.4. The number of carbonyl (C=O) groups is 1. The third-order valence-corrected chi connectivity index (χ3v) is 4.73. The summed E-state index contributed by atoms with van der Waals surface area (Å²) in [7, 11) is 0. The monoisotopic (exact) mass is 358 g/mol. The van der Waals surface area contributed by atoms with Gasteiger partial charge in [0.25, 0.3) is 11.5 Å². The van der Waals surface area contributed by atoms with Crippen molar-refractivity contribution in [3.8, 4) is 0 Å². The van der Waals surface area contributed by atoms with Crippen LogP contribution in [0.5, 0.6) is 0 Å². The molecule has 140 valence electrons. The van der Waals surface area contributed by atoms with E-state index >= 15 is 0 Å². The Hall–Kier alpha value is -2.41. The zero-order chi connectivity index (χ0) is 18.4. The molecule has 0 aliphatic carbocycles. The smallest absolute Gasteiger partial charge is 0.271 e. The Labute approximate surface area is 153 Å². The second kappa shape index (κ2) is 8.80. The third-order valence-electron chi connectivity index (χ3n) is 4.73. The van der Waals surface area contributed by atoms with E-state index in [2.05, 4.69) is 22.2 Å². The van der Waals surface area contributed by atoms with Crippen LogP contribution in [-0.2, 0) is 6.54 Å². The maximum atomic E-state index is 12.5. The van der Waals surface area contributed by atoms with Crippen molar-refractivity contribution in [2.75, 3.05) is 19.6 Å². The Morgan fingerprint density at radius 3 is 2.81 bits per heavy atom. The maximum Gasteiger partial charge on any atom is 0.271 e. The molecule has 2 aromatic heterocycles. The van der Waals surface area contributed by atoms with Crippen molar-refractivity contribution in [1.82, 2.24) is 20.0 Å². The number of nitrogens with zero attached hydrogens (tertiary/aromatic N) is 3. The van der Waals surface area contributed by atoms with E-state index in [9.17, 15) is 9.59 Å². The molecule has 2 aromatic rings. The lowest BCUT2D eigenvalue weighted by molar-refractivity contribution is 0.0926. The number of hydrogen-bond donors (Lipinski definition) is 1. The number of aromatic nitrogens is 2. The van der Waals surface area contributed by atoms with Crippen molar-refractivity contribution >= 4 is 5.91 Å². The van der Waals surface area contributed by atoms with Crippen LogP contribution >= 0.6 is 0 Å². The Kier molecular flexibility index (Phi) is 6.22. The summed E-state index contributed by atoms with van der Waals surface area (Å²) in [6, 6.07) is 6.71. The molecule has 1 aliphatic rings. The maximum absolute atomic E-state index is 12.5. The van der Waals surface area contributed by atoms with E-state index in [1.165, 1.54) is 16.8 Å². The first-order valence-electron chi connectivity index (χ1n) is 9.33. The Morgan fingerprint density at radius 2 is 2.12 bits per heavy atom. The molecule has 1 saturated heterocycles. The van der Waals surface area contributed by atoms with Gasteiger partial charge in [0, 0.05) is 19.2 Å². The van der Waals surface area contributed by atoms with Crippen molar-refractivity contribution in [2.45, 2.75) is 45.2 Å². The van der Waals surface area contributed by atoms with Gasteiger partial charge in [0.1, 0.15) is 11.5 Å². The standard InChI is InChI=1S/C19H26N4O3/c1-2-3-12-23-18(24)9-8-15(21-23)19(25)20-14-16(17-7-6-13-26-17)22-10-4-5-11-22/h6-9,13,16H,2-5,10-12,14H2,1H3,(H,20,25). The molecule has 26 heavy (non-hydrogen) atoms. The number of furan rings is 1. The molecule has 1 fully saturated rings. The summed E-state index contributed by atoms with van der Waals surface area (Å²) in [5.41, 5.74) is 0.0841. The number of rotatable bonds is 8. The van der Waals surface area contributed by atoms with Gasteiger partial charge in [0.05, 0.1) is 12.3 Å². The number of unbranched alkanes of at least 4 members (excludes halogenated alkanes) is 1. The van der Waals surface area contributed by atoms with E-state index in [4.69, 9.17) is 4.42 Å². The molecule has 0 aromatic carbocycles. The Bertz CT molecular complexity index is 763. The molecule has 3 heterocycles. The van der Waals surface area contributed by atoms with Crippen LogP contribution in [0, 0.1) is 0 Å². The molecule has 3 rings (SSSR count). The second-order valence-electron chi connectivity index (χ2n) is 6.62. The molecule has 7 nitrogen and oxygen atoms in total. The molecule has 0 radical (unpaired) electrons. The van der Waals surface area contributed by atoms with Gasteiger partial charge in [-0.25, -0.2) is 4.68 Å². The van der Waals surface area contributed by atoms with Crippen LogP contribution in [0.2, 0.25) is 0 Å². The zero-order valence-corrected chi connectivity index (χ0v) is 15.2. The fraction of sp³-hybridized carbons (Fsp3) is 0.526. The first-order chi connectivity index (χ1) is 12.7. The molecule has 0 spiro atoms. The molecular formula is C19H26N4O3. The number of amides is 1. The topological polar surface area (TPSA) is 80.4 Å². The van der Waals surface area contributed by atoms with E-state index in [-0.39, 0.29) is 23.2 Å². The average molecular weight is 358 g/mol. The minimum atomic E-state index is -0.272. The molecule has 1 unspecified atom stereocenters. The summed E-state index contributed by atoms with van der Waals surface area (Å²) in [5.74, 6) is 0.582. The minimum absolute atomic E-state index is 0.0162. The molecule has 1 amide bonds. The van der Waals surface area contributed by atoms with Crippen LogP contribution in [0.1, 0.15) is 54.9 Å². The van der Waals surface area contributed by atoms with Crippen LogP contribution in [0.4, 0.5) is 0 Å². The van der Waals surface area contributed by atoms with E-state index in [0.717, 1.165) is 44.5 Å². The lowest BCUT2D eigenvalue weighted by Gasteiger charge is -2.25. The van der Waals surface area contributed by atoms with Gasteiger partial charge in [-0.1, -0.05) is 13.3 Å². The normalized spacial score (nSPS) is 15.9. The SMILES string of the molecule is CCCCn1nc(C(=O)NCC(c2ccco2)N2CCCC2)ccc1=O. The number of aryl methyl sites for hydroxylation is 1.